The number of aliphatic hydroxyl groups is 1. The molecule has 0 aromatic heterocycles. The molecule has 0 amide bonds. The summed E-state index contributed by atoms with van der Waals surface area (Å²) < 4.78 is 11.5. The van der Waals surface area contributed by atoms with Gasteiger partial charge in [0.25, 0.3) is 0 Å². The van der Waals surface area contributed by atoms with E-state index in [1.807, 2.05) is 6.07 Å². The summed E-state index contributed by atoms with van der Waals surface area (Å²) in [4.78, 5) is 13.2. The van der Waals surface area contributed by atoms with E-state index in [0.29, 0.717) is 6.42 Å². The van der Waals surface area contributed by atoms with Crippen LogP contribution in [0.5, 0.6) is 0 Å². The predicted octanol–water partition coefficient (Wildman–Crippen LogP) is 2.61. The zero-order valence-electron chi connectivity index (χ0n) is 15.3. The number of esters is 1. The van der Waals surface area contributed by atoms with Crippen molar-refractivity contribution in [3.8, 4) is 0 Å². The maximum absolute atomic E-state index is 13.2. The highest BCUT2D eigenvalue weighted by Gasteiger charge is 2.80. The Morgan fingerprint density at radius 2 is 1.92 bits per heavy atom. The minimum Gasteiger partial charge on any atom is -0.469 e. The average Bonchev–Trinajstić information content (AvgIpc) is 3.37. The van der Waals surface area contributed by atoms with Gasteiger partial charge in [-0.05, 0) is 24.8 Å². The van der Waals surface area contributed by atoms with Gasteiger partial charge in [-0.25, -0.2) is 0 Å². The number of carbonyl (C=O) groups is 1. The van der Waals surface area contributed by atoms with Crippen molar-refractivity contribution in [1.29, 1.82) is 0 Å². The summed E-state index contributed by atoms with van der Waals surface area (Å²) in [5.74, 6) is -0.122. The highest BCUT2D eigenvalue weighted by molar-refractivity contribution is 6.91. The molecule has 0 radical (unpaired) electrons. The van der Waals surface area contributed by atoms with Crippen LogP contribution >= 0.6 is 0 Å². The van der Waals surface area contributed by atoms with Crippen LogP contribution in [0.3, 0.4) is 0 Å². The third-order valence-electron chi connectivity index (χ3n) is 7.22. The Balaban J connectivity index is 1.86. The largest absolute Gasteiger partial charge is 0.469 e. The summed E-state index contributed by atoms with van der Waals surface area (Å²) >= 11 is 0. The van der Waals surface area contributed by atoms with Crippen LogP contribution in [0, 0.1) is 5.41 Å². The van der Waals surface area contributed by atoms with Crippen LogP contribution < -0.4 is 5.19 Å². The van der Waals surface area contributed by atoms with Gasteiger partial charge in [-0.2, -0.15) is 0 Å². The summed E-state index contributed by atoms with van der Waals surface area (Å²) in [7, 11) is -0.545. The molecule has 2 aliphatic carbocycles. The maximum Gasteiger partial charge on any atom is 0.314 e. The topological polar surface area (TPSA) is 59.1 Å². The fraction of sp³-hybridized carbons (Fsp3) is 0.650. The van der Waals surface area contributed by atoms with Crippen molar-refractivity contribution in [3.63, 3.8) is 0 Å². The fourth-order valence-electron chi connectivity index (χ4n) is 5.98. The fourth-order valence-corrected chi connectivity index (χ4v) is 10.0. The van der Waals surface area contributed by atoms with Crippen LogP contribution in [0.15, 0.2) is 30.3 Å². The van der Waals surface area contributed by atoms with Crippen molar-refractivity contribution in [3.05, 3.63) is 30.3 Å². The van der Waals surface area contributed by atoms with E-state index in [1.165, 1.54) is 12.3 Å². The number of aliphatic hydroxyl groups excluding tert-OH is 1. The first-order chi connectivity index (χ1) is 11.9. The zero-order chi connectivity index (χ0) is 17.9. The van der Waals surface area contributed by atoms with Crippen molar-refractivity contribution < 1.29 is 19.4 Å². The lowest BCUT2D eigenvalue weighted by Crippen LogP contribution is -2.64. The summed E-state index contributed by atoms with van der Waals surface area (Å²) in [5.41, 5.74) is -0.987. The van der Waals surface area contributed by atoms with E-state index in [-0.39, 0.29) is 17.6 Å². The number of rotatable bonds is 3. The molecule has 25 heavy (non-hydrogen) atoms. The third-order valence-corrected chi connectivity index (χ3v) is 11.5. The molecule has 1 N–H and O–H groups in total. The molecule has 136 valence electrons. The van der Waals surface area contributed by atoms with Gasteiger partial charge in [-0.3, -0.25) is 4.79 Å². The van der Waals surface area contributed by atoms with Gasteiger partial charge in [-0.1, -0.05) is 61.5 Å². The highest BCUT2D eigenvalue weighted by atomic mass is 28.3. The van der Waals surface area contributed by atoms with Gasteiger partial charge in [0.15, 0.2) is 0 Å². The molecule has 5 heteroatoms. The molecule has 3 aliphatic rings. The van der Waals surface area contributed by atoms with Gasteiger partial charge >= 0.3 is 5.97 Å². The molecular formula is C20H28O4Si. The van der Waals surface area contributed by atoms with Gasteiger partial charge in [-0.15, -0.1) is 0 Å². The van der Waals surface area contributed by atoms with Crippen molar-refractivity contribution in [2.75, 3.05) is 7.11 Å². The molecule has 5 atom stereocenters. The summed E-state index contributed by atoms with van der Waals surface area (Å²) in [6.45, 7) is 4.66. The van der Waals surface area contributed by atoms with Crippen LogP contribution in [0.1, 0.15) is 32.1 Å². The maximum atomic E-state index is 13.2. The number of carbonyl (C=O) groups excluding carboxylic acids is 1. The number of hydrogen-bond acceptors (Lipinski definition) is 4. The normalized spacial score (nSPS) is 39.9. The number of hydrogen-bond donors (Lipinski definition) is 1. The highest BCUT2D eigenvalue weighted by Crippen LogP contribution is 2.70. The van der Waals surface area contributed by atoms with E-state index in [4.69, 9.17) is 9.47 Å². The SMILES string of the molecule is COC(=O)[C@]12CCCC[C@]13O[C@@H]3[C@H](O)C[C@@H]2[Si](C)(C)c1ccccc1. The lowest BCUT2D eigenvalue weighted by atomic mass is 9.58. The molecule has 3 fully saturated rings. The Kier molecular flexibility index (Phi) is 3.91. The monoisotopic (exact) mass is 360 g/mol. The van der Waals surface area contributed by atoms with Gasteiger partial charge in [0.05, 0.1) is 21.3 Å². The second kappa shape index (κ2) is 5.66. The molecule has 4 nitrogen and oxygen atoms in total. The Bertz CT molecular complexity index is 676. The molecule has 1 aromatic carbocycles. The first-order valence-corrected chi connectivity index (χ1v) is 12.5. The lowest BCUT2D eigenvalue weighted by Gasteiger charge is -2.53. The van der Waals surface area contributed by atoms with Crippen LogP contribution in [-0.2, 0) is 14.3 Å². The van der Waals surface area contributed by atoms with Gasteiger partial charge in [0.1, 0.15) is 17.1 Å². The Morgan fingerprint density at radius 1 is 1.24 bits per heavy atom. The first-order valence-electron chi connectivity index (χ1n) is 9.40. The van der Waals surface area contributed by atoms with Crippen LogP contribution in [0.2, 0.25) is 18.6 Å². The first kappa shape index (κ1) is 17.3. The van der Waals surface area contributed by atoms with Crippen molar-refractivity contribution in [1.82, 2.24) is 0 Å². The van der Waals surface area contributed by atoms with E-state index in [1.54, 1.807) is 0 Å². The van der Waals surface area contributed by atoms with Crippen LogP contribution in [-0.4, -0.2) is 44.1 Å². The number of epoxide rings is 1. The molecule has 4 rings (SSSR count). The minimum atomic E-state index is -2.04. The summed E-state index contributed by atoms with van der Waals surface area (Å²) in [6.07, 6.45) is 3.73. The summed E-state index contributed by atoms with van der Waals surface area (Å²) in [6, 6.07) is 10.5. The second-order valence-electron chi connectivity index (χ2n) is 8.54. The van der Waals surface area contributed by atoms with Crippen molar-refractivity contribution >= 4 is 19.2 Å². The van der Waals surface area contributed by atoms with E-state index >= 15 is 0 Å². The van der Waals surface area contributed by atoms with E-state index < -0.39 is 25.2 Å². The number of methoxy groups -OCH3 is 1. The molecule has 1 aromatic rings. The molecule has 0 unspecified atom stereocenters. The second-order valence-corrected chi connectivity index (χ2v) is 13.3. The van der Waals surface area contributed by atoms with Gasteiger partial charge in [0, 0.05) is 0 Å². The zero-order valence-corrected chi connectivity index (χ0v) is 16.3. The summed E-state index contributed by atoms with van der Waals surface area (Å²) in [5, 5.41) is 12.1. The standard InChI is InChI=1S/C20H28O4Si/c1-23-18(22)19-11-7-8-12-20(19)17(24-20)15(21)13-16(19)25(2,3)14-9-5-4-6-10-14/h4-6,9-10,15-17,21H,7-8,11-13H2,1-3H3/t15-,16+,17-,19-,20-/m1/s1. The van der Waals surface area contributed by atoms with Crippen LogP contribution in [0.4, 0.5) is 0 Å². The lowest BCUT2D eigenvalue weighted by molar-refractivity contribution is -0.163. The molecule has 1 saturated heterocycles. The molecule has 1 spiro atoms. The Labute approximate surface area is 150 Å². The average molecular weight is 361 g/mol. The van der Waals surface area contributed by atoms with Crippen LogP contribution in [0.25, 0.3) is 0 Å². The molecule has 0 bridgehead atoms. The molecule has 2 saturated carbocycles. The molecular weight excluding hydrogens is 332 g/mol. The van der Waals surface area contributed by atoms with Gasteiger partial charge < -0.3 is 14.6 Å². The Morgan fingerprint density at radius 3 is 2.60 bits per heavy atom. The smallest absolute Gasteiger partial charge is 0.314 e. The van der Waals surface area contributed by atoms with Crippen molar-refractivity contribution in [2.45, 2.75) is 68.5 Å². The third kappa shape index (κ3) is 2.15. The quantitative estimate of drug-likeness (QED) is 0.511. The minimum absolute atomic E-state index is 0.115. The number of benzene rings is 1. The predicted molar refractivity (Wildman–Crippen MR) is 98.5 cm³/mol. The molecule has 1 heterocycles. The van der Waals surface area contributed by atoms with E-state index in [0.717, 1.165) is 25.7 Å². The van der Waals surface area contributed by atoms with Gasteiger partial charge in [0.2, 0.25) is 0 Å². The van der Waals surface area contributed by atoms with E-state index in [2.05, 4.69) is 37.4 Å². The van der Waals surface area contributed by atoms with E-state index in [9.17, 15) is 9.90 Å². The molecule has 1 aliphatic heterocycles. The van der Waals surface area contributed by atoms with Crippen molar-refractivity contribution in [2.24, 2.45) is 5.41 Å². The Hall–Kier alpha value is -1.17. The number of ether oxygens (including phenoxy) is 2.